The molecule has 4 aromatic rings. The molecule has 0 unspecified atom stereocenters. The van der Waals surface area contributed by atoms with E-state index in [-0.39, 0.29) is 21.7 Å². The molecule has 0 saturated heterocycles. The minimum absolute atomic E-state index is 0.125. The number of hydrogen-bond acceptors (Lipinski definition) is 4. The van der Waals surface area contributed by atoms with Crippen molar-refractivity contribution in [1.82, 2.24) is 0 Å². The molecule has 0 amide bonds. The predicted octanol–water partition coefficient (Wildman–Crippen LogP) is 18.0. The second kappa shape index (κ2) is 24.3. The quantitative estimate of drug-likeness (QED) is 0.0764. The van der Waals surface area contributed by atoms with E-state index < -0.39 is 0 Å². The van der Waals surface area contributed by atoms with Gasteiger partial charge in [-0.25, -0.2) is 0 Å². The van der Waals surface area contributed by atoms with Gasteiger partial charge in [-0.3, -0.25) is 0 Å². The topological polar surface area (TPSA) is 58.9 Å². The van der Waals surface area contributed by atoms with E-state index >= 15 is 0 Å². The summed E-state index contributed by atoms with van der Waals surface area (Å²) in [4.78, 5) is 0. The Labute approximate surface area is 416 Å². The largest absolute Gasteiger partial charge is 0.507 e. The van der Waals surface area contributed by atoms with Crippen LogP contribution in [0.2, 0.25) is 0 Å². The lowest BCUT2D eigenvalue weighted by Gasteiger charge is -2.28. The van der Waals surface area contributed by atoms with Crippen LogP contribution in [0.5, 0.6) is 23.0 Å². The normalized spacial score (nSPS) is 13.5. The van der Waals surface area contributed by atoms with Crippen LogP contribution in [0.1, 0.15) is 266 Å². The molecule has 68 heavy (non-hydrogen) atoms. The first kappa shape index (κ1) is 55.0. The Hall–Kier alpha value is -3.92. The molecule has 0 spiro atoms. The van der Waals surface area contributed by atoms with Crippen molar-refractivity contribution in [2.45, 2.75) is 247 Å². The van der Waals surface area contributed by atoms with E-state index in [2.05, 4.69) is 145 Å². The molecule has 0 fully saturated rings. The molecular formula is C64H96O4. The third kappa shape index (κ3) is 15.5. The van der Waals surface area contributed by atoms with E-state index in [1.807, 2.05) is 0 Å². The summed E-state index contributed by atoms with van der Waals surface area (Å²) in [5.74, 6) is 2.51. The minimum atomic E-state index is -0.161. The highest BCUT2D eigenvalue weighted by atomic mass is 16.5. The maximum Gasteiger partial charge on any atom is 0.126 e. The van der Waals surface area contributed by atoms with Crippen molar-refractivity contribution in [3.8, 4) is 23.0 Å². The molecule has 5 rings (SSSR count). The predicted molar refractivity (Wildman–Crippen MR) is 291 cm³/mol. The Morgan fingerprint density at radius 3 is 0.779 bits per heavy atom. The highest BCUT2D eigenvalue weighted by Crippen LogP contribution is 2.44. The van der Waals surface area contributed by atoms with Gasteiger partial charge < -0.3 is 19.7 Å². The van der Waals surface area contributed by atoms with E-state index in [1.165, 1.54) is 110 Å². The summed E-state index contributed by atoms with van der Waals surface area (Å²) in [6.45, 7) is 33.2. The van der Waals surface area contributed by atoms with Crippen molar-refractivity contribution in [3.63, 3.8) is 0 Å². The van der Waals surface area contributed by atoms with Crippen LogP contribution in [0.25, 0.3) is 0 Å². The lowest BCUT2D eigenvalue weighted by molar-refractivity contribution is 0.295. The molecular weight excluding hydrogens is 833 g/mol. The van der Waals surface area contributed by atoms with Crippen molar-refractivity contribution in [2.75, 3.05) is 13.2 Å². The molecule has 4 heteroatoms. The molecule has 0 aliphatic heterocycles. The fraction of sp³-hybridized carbons (Fsp3) is 0.625. The number of benzene rings is 4. The number of ether oxygens (including phenoxy) is 2. The first-order valence-corrected chi connectivity index (χ1v) is 27.3. The zero-order valence-corrected chi connectivity index (χ0v) is 45.9. The Kier molecular flexibility index (Phi) is 19.6. The molecule has 0 heterocycles. The summed E-state index contributed by atoms with van der Waals surface area (Å²) in [6.07, 6.45) is 22.0. The van der Waals surface area contributed by atoms with Crippen LogP contribution in [-0.4, -0.2) is 23.4 Å². The van der Waals surface area contributed by atoms with Crippen LogP contribution < -0.4 is 9.47 Å². The van der Waals surface area contributed by atoms with E-state index in [0.717, 1.165) is 70.6 Å². The standard InChI is InChI=1S/C64H96O4/c1-15-17-19-21-23-25-27-29-31-67-59-49-34-47-39-53(61(3,4)5)37-45(57(47)65)33-46-38-54(62(6,7)8)40-48(58(46)66)35-50-42-56(64(12,13)14)44-52(36-51(59)43-55(41-49)63(9,10)11)60(50)68-32-30-28-26-24-22-20-18-16-2/h37-44,65-66H,15-36H2,1-14H3. The summed E-state index contributed by atoms with van der Waals surface area (Å²) in [5, 5.41) is 25.0. The van der Waals surface area contributed by atoms with Crippen molar-refractivity contribution in [3.05, 3.63) is 115 Å². The summed E-state index contributed by atoms with van der Waals surface area (Å²) in [5.41, 5.74) is 12.3. The fourth-order valence-corrected chi connectivity index (χ4v) is 9.84. The Balaban J connectivity index is 1.75. The van der Waals surface area contributed by atoms with Crippen LogP contribution in [0.15, 0.2) is 48.5 Å². The zero-order valence-electron chi connectivity index (χ0n) is 45.9. The van der Waals surface area contributed by atoms with Crippen LogP contribution in [-0.2, 0) is 47.3 Å². The van der Waals surface area contributed by atoms with Crippen molar-refractivity contribution >= 4 is 0 Å². The Bertz CT molecular complexity index is 2070. The number of unbranched alkanes of at least 4 members (excludes halogenated alkanes) is 14. The van der Waals surface area contributed by atoms with Gasteiger partial charge in [0.2, 0.25) is 0 Å². The molecule has 376 valence electrons. The van der Waals surface area contributed by atoms with Crippen LogP contribution >= 0.6 is 0 Å². The molecule has 0 aromatic heterocycles. The van der Waals surface area contributed by atoms with Gasteiger partial charge in [0.1, 0.15) is 23.0 Å². The first-order chi connectivity index (χ1) is 32.0. The number of phenols is 2. The van der Waals surface area contributed by atoms with Gasteiger partial charge in [-0.05, 0) is 101 Å². The van der Waals surface area contributed by atoms with E-state index in [0.29, 0.717) is 50.4 Å². The molecule has 0 atom stereocenters. The summed E-state index contributed by atoms with van der Waals surface area (Å²) < 4.78 is 14.3. The Morgan fingerprint density at radius 2 is 0.529 bits per heavy atom. The average Bonchev–Trinajstić information content (AvgIpc) is 3.24. The first-order valence-electron chi connectivity index (χ1n) is 27.3. The minimum Gasteiger partial charge on any atom is -0.507 e. The summed E-state index contributed by atoms with van der Waals surface area (Å²) >= 11 is 0. The van der Waals surface area contributed by atoms with Crippen molar-refractivity contribution in [2.24, 2.45) is 0 Å². The molecule has 4 nitrogen and oxygen atoms in total. The molecule has 8 bridgehead atoms. The highest BCUT2D eigenvalue weighted by Gasteiger charge is 2.28. The van der Waals surface area contributed by atoms with E-state index in [1.54, 1.807) is 0 Å². The monoisotopic (exact) mass is 929 g/mol. The number of hydrogen-bond donors (Lipinski definition) is 2. The maximum atomic E-state index is 12.5. The third-order valence-corrected chi connectivity index (χ3v) is 14.5. The van der Waals surface area contributed by atoms with Crippen LogP contribution in [0, 0.1) is 0 Å². The summed E-state index contributed by atoms with van der Waals surface area (Å²) in [6, 6.07) is 18.3. The SMILES string of the molecule is CCCCCCCCCCOc1c2cc(C(C)(C)C)cc1Cc1cc(C(C)(C)C)cc(c1OCCCCCCCCCC)Cc1cc(C(C)(C)C)cc(c1O)Cc1cc(C(C)(C)C)cc(c1O)C2. The van der Waals surface area contributed by atoms with Crippen LogP contribution in [0.3, 0.4) is 0 Å². The number of rotatable bonds is 20. The highest BCUT2D eigenvalue weighted by molar-refractivity contribution is 5.59. The number of fused-ring (bicyclic) bond motifs is 8. The van der Waals surface area contributed by atoms with Gasteiger partial charge in [0.25, 0.3) is 0 Å². The van der Waals surface area contributed by atoms with Gasteiger partial charge in [0, 0.05) is 25.7 Å². The van der Waals surface area contributed by atoms with Gasteiger partial charge >= 0.3 is 0 Å². The lowest BCUT2D eigenvalue weighted by Crippen LogP contribution is -2.17. The van der Waals surface area contributed by atoms with E-state index in [9.17, 15) is 10.2 Å². The van der Waals surface area contributed by atoms with Gasteiger partial charge in [-0.2, -0.15) is 0 Å². The molecule has 2 N–H and O–H groups in total. The van der Waals surface area contributed by atoms with Crippen molar-refractivity contribution in [1.29, 1.82) is 0 Å². The lowest BCUT2D eigenvalue weighted by atomic mass is 9.79. The van der Waals surface area contributed by atoms with Gasteiger partial charge in [0.15, 0.2) is 0 Å². The van der Waals surface area contributed by atoms with Crippen LogP contribution in [0.4, 0.5) is 0 Å². The molecule has 1 aliphatic carbocycles. The fourth-order valence-electron chi connectivity index (χ4n) is 9.84. The third-order valence-electron chi connectivity index (χ3n) is 14.5. The average molecular weight is 929 g/mol. The number of aromatic hydroxyl groups is 2. The summed E-state index contributed by atoms with van der Waals surface area (Å²) in [7, 11) is 0. The number of phenolic OH excluding ortho intramolecular Hbond substituents is 2. The zero-order chi connectivity index (χ0) is 49.9. The molecule has 0 saturated carbocycles. The maximum absolute atomic E-state index is 12.5. The van der Waals surface area contributed by atoms with Gasteiger partial charge in [-0.15, -0.1) is 0 Å². The molecule has 1 aliphatic rings. The Morgan fingerprint density at radius 1 is 0.324 bits per heavy atom. The second-order valence-corrected chi connectivity index (χ2v) is 24.9. The second-order valence-electron chi connectivity index (χ2n) is 24.9. The van der Waals surface area contributed by atoms with Gasteiger partial charge in [0.05, 0.1) is 13.2 Å². The van der Waals surface area contributed by atoms with Gasteiger partial charge in [-0.1, -0.05) is 235 Å². The molecule has 0 radical (unpaired) electrons. The van der Waals surface area contributed by atoms with Crippen molar-refractivity contribution < 1.29 is 19.7 Å². The van der Waals surface area contributed by atoms with E-state index in [4.69, 9.17) is 9.47 Å². The smallest absolute Gasteiger partial charge is 0.126 e. The molecule has 4 aromatic carbocycles.